The lowest BCUT2D eigenvalue weighted by atomic mass is 9.92. The summed E-state index contributed by atoms with van der Waals surface area (Å²) in [7, 11) is 0. The Morgan fingerprint density at radius 3 is 2.15 bits per heavy atom. The summed E-state index contributed by atoms with van der Waals surface area (Å²) in [4.78, 5) is 12.8. The van der Waals surface area contributed by atoms with E-state index in [1.807, 2.05) is 20.8 Å². The topological polar surface area (TPSA) is 72.0 Å². The highest BCUT2D eigenvalue weighted by Gasteiger charge is 2.11. The third kappa shape index (κ3) is 6.54. The van der Waals surface area contributed by atoms with Crippen molar-refractivity contribution in [2.45, 2.75) is 54.1 Å². The molecule has 0 radical (unpaired) electrons. The summed E-state index contributed by atoms with van der Waals surface area (Å²) < 4.78 is 5.55. The Kier molecular flexibility index (Phi) is 5.98. The standard InChI is InChI=1S/C14H27N5O/c1-7-15-11-17-12(16-9-8-14(4,5)6)19-13(18-11)20-10(2)3/h10H,7-9H2,1-6H3,(H2,15,16,17,18,19). The van der Waals surface area contributed by atoms with Crippen LogP contribution in [0.5, 0.6) is 6.01 Å². The van der Waals surface area contributed by atoms with E-state index in [2.05, 4.69) is 46.4 Å². The number of rotatable bonds is 7. The molecule has 0 amide bonds. The Morgan fingerprint density at radius 2 is 1.65 bits per heavy atom. The van der Waals surface area contributed by atoms with Crippen LogP contribution in [0, 0.1) is 5.41 Å². The van der Waals surface area contributed by atoms with Crippen LogP contribution in [-0.2, 0) is 0 Å². The Bertz CT molecular complexity index is 415. The Balaban J connectivity index is 2.74. The van der Waals surface area contributed by atoms with Gasteiger partial charge in [0.05, 0.1) is 6.10 Å². The van der Waals surface area contributed by atoms with Crippen LogP contribution < -0.4 is 15.4 Å². The molecule has 0 saturated carbocycles. The summed E-state index contributed by atoms with van der Waals surface area (Å²) in [5, 5.41) is 6.32. The summed E-state index contributed by atoms with van der Waals surface area (Å²) in [6.45, 7) is 14.1. The monoisotopic (exact) mass is 281 g/mol. The second-order valence-electron chi connectivity index (χ2n) is 6.20. The quantitative estimate of drug-likeness (QED) is 0.800. The van der Waals surface area contributed by atoms with E-state index in [1.54, 1.807) is 0 Å². The zero-order valence-corrected chi connectivity index (χ0v) is 13.4. The summed E-state index contributed by atoms with van der Waals surface area (Å²) in [5.74, 6) is 1.09. The maximum absolute atomic E-state index is 5.55. The van der Waals surface area contributed by atoms with Gasteiger partial charge in [0.2, 0.25) is 11.9 Å². The van der Waals surface area contributed by atoms with Crippen molar-refractivity contribution in [1.82, 2.24) is 15.0 Å². The van der Waals surface area contributed by atoms with Gasteiger partial charge in [0.1, 0.15) is 0 Å². The van der Waals surface area contributed by atoms with Gasteiger partial charge in [0, 0.05) is 13.1 Å². The fraction of sp³-hybridized carbons (Fsp3) is 0.786. The van der Waals surface area contributed by atoms with Crippen LogP contribution in [0.3, 0.4) is 0 Å². The van der Waals surface area contributed by atoms with Gasteiger partial charge in [0.15, 0.2) is 0 Å². The molecule has 0 fully saturated rings. The lowest BCUT2D eigenvalue weighted by Gasteiger charge is -2.18. The fourth-order valence-corrected chi connectivity index (χ4v) is 1.49. The lowest BCUT2D eigenvalue weighted by Crippen LogP contribution is -2.16. The first-order valence-electron chi connectivity index (χ1n) is 7.20. The van der Waals surface area contributed by atoms with Gasteiger partial charge in [-0.2, -0.15) is 15.0 Å². The number of aromatic nitrogens is 3. The first-order chi connectivity index (χ1) is 9.30. The molecular formula is C14H27N5O. The van der Waals surface area contributed by atoms with Crippen LogP contribution in [0.2, 0.25) is 0 Å². The van der Waals surface area contributed by atoms with E-state index in [9.17, 15) is 0 Å². The van der Waals surface area contributed by atoms with Gasteiger partial charge < -0.3 is 15.4 Å². The molecule has 0 bridgehead atoms. The minimum absolute atomic E-state index is 0.0364. The highest BCUT2D eigenvalue weighted by atomic mass is 16.5. The normalized spacial score (nSPS) is 11.6. The van der Waals surface area contributed by atoms with Crippen LogP contribution in [0.4, 0.5) is 11.9 Å². The van der Waals surface area contributed by atoms with E-state index >= 15 is 0 Å². The Labute approximate surface area is 121 Å². The van der Waals surface area contributed by atoms with Gasteiger partial charge >= 0.3 is 6.01 Å². The van der Waals surface area contributed by atoms with E-state index in [0.29, 0.717) is 17.9 Å². The smallest absolute Gasteiger partial charge is 0.323 e. The number of ether oxygens (including phenoxy) is 1. The molecule has 0 aromatic carbocycles. The van der Waals surface area contributed by atoms with E-state index in [-0.39, 0.29) is 11.5 Å². The van der Waals surface area contributed by atoms with Gasteiger partial charge in [0.25, 0.3) is 0 Å². The molecule has 0 spiro atoms. The number of nitrogens with zero attached hydrogens (tertiary/aromatic N) is 3. The summed E-state index contributed by atoms with van der Waals surface area (Å²) >= 11 is 0. The molecule has 6 heteroatoms. The van der Waals surface area contributed by atoms with Gasteiger partial charge in [-0.15, -0.1) is 0 Å². The average Bonchev–Trinajstić information content (AvgIpc) is 2.26. The molecule has 1 rings (SSSR count). The first-order valence-corrected chi connectivity index (χ1v) is 7.20. The van der Waals surface area contributed by atoms with Crippen molar-refractivity contribution < 1.29 is 4.74 Å². The molecule has 0 aliphatic carbocycles. The van der Waals surface area contributed by atoms with Gasteiger partial charge in [-0.3, -0.25) is 0 Å². The first kappa shape index (κ1) is 16.5. The van der Waals surface area contributed by atoms with Crippen molar-refractivity contribution in [2.75, 3.05) is 23.7 Å². The number of hydrogen-bond donors (Lipinski definition) is 2. The molecule has 114 valence electrons. The van der Waals surface area contributed by atoms with Crippen molar-refractivity contribution in [3.8, 4) is 6.01 Å². The van der Waals surface area contributed by atoms with Crippen molar-refractivity contribution in [1.29, 1.82) is 0 Å². The van der Waals surface area contributed by atoms with Gasteiger partial charge in [-0.1, -0.05) is 20.8 Å². The van der Waals surface area contributed by atoms with Gasteiger partial charge in [-0.05, 0) is 32.6 Å². The molecular weight excluding hydrogens is 254 g/mol. The molecule has 1 aromatic rings. The van der Waals surface area contributed by atoms with Crippen LogP contribution in [0.25, 0.3) is 0 Å². The average molecular weight is 281 g/mol. The Morgan fingerprint density at radius 1 is 1.05 bits per heavy atom. The SMILES string of the molecule is CCNc1nc(NCCC(C)(C)C)nc(OC(C)C)n1. The molecule has 0 atom stereocenters. The summed E-state index contributed by atoms with van der Waals surface area (Å²) in [6, 6.07) is 0.351. The molecule has 0 aliphatic rings. The lowest BCUT2D eigenvalue weighted by molar-refractivity contribution is 0.222. The Hall–Kier alpha value is -1.59. The van der Waals surface area contributed by atoms with Crippen LogP contribution in [0.1, 0.15) is 48.0 Å². The predicted octanol–water partition coefficient (Wildman–Crippen LogP) is 2.94. The zero-order chi connectivity index (χ0) is 15.2. The van der Waals surface area contributed by atoms with Crippen LogP contribution >= 0.6 is 0 Å². The molecule has 0 aliphatic heterocycles. The molecule has 2 N–H and O–H groups in total. The number of nitrogens with one attached hydrogen (secondary N) is 2. The van der Waals surface area contributed by atoms with Crippen LogP contribution in [-0.4, -0.2) is 34.1 Å². The molecule has 1 aromatic heterocycles. The number of anilines is 2. The van der Waals surface area contributed by atoms with Crippen molar-refractivity contribution in [3.05, 3.63) is 0 Å². The van der Waals surface area contributed by atoms with E-state index in [1.165, 1.54) is 0 Å². The summed E-state index contributed by atoms with van der Waals surface area (Å²) in [5.41, 5.74) is 0.280. The van der Waals surface area contributed by atoms with Gasteiger partial charge in [-0.25, -0.2) is 0 Å². The predicted molar refractivity (Wildman–Crippen MR) is 82.3 cm³/mol. The molecule has 20 heavy (non-hydrogen) atoms. The van der Waals surface area contributed by atoms with Crippen LogP contribution in [0.15, 0.2) is 0 Å². The highest BCUT2D eigenvalue weighted by Crippen LogP contribution is 2.18. The van der Waals surface area contributed by atoms with E-state index in [0.717, 1.165) is 19.5 Å². The molecule has 6 nitrogen and oxygen atoms in total. The maximum Gasteiger partial charge on any atom is 0.323 e. The summed E-state index contributed by atoms with van der Waals surface area (Å²) in [6.07, 6.45) is 1.07. The van der Waals surface area contributed by atoms with Crippen molar-refractivity contribution in [2.24, 2.45) is 5.41 Å². The van der Waals surface area contributed by atoms with E-state index in [4.69, 9.17) is 4.74 Å². The molecule has 0 unspecified atom stereocenters. The second kappa shape index (κ2) is 7.26. The van der Waals surface area contributed by atoms with Crippen molar-refractivity contribution in [3.63, 3.8) is 0 Å². The minimum atomic E-state index is 0.0364. The fourth-order valence-electron chi connectivity index (χ4n) is 1.49. The van der Waals surface area contributed by atoms with E-state index < -0.39 is 0 Å². The third-order valence-electron chi connectivity index (χ3n) is 2.45. The second-order valence-corrected chi connectivity index (χ2v) is 6.20. The largest absolute Gasteiger partial charge is 0.461 e. The highest BCUT2D eigenvalue weighted by molar-refractivity contribution is 5.35. The maximum atomic E-state index is 5.55. The zero-order valence-electron chi connectivity index (χ0n) is 13.4. The number of hydrogen-bond acceptors (Lipinski definition) is 6. The minimum Gasteiger partial charge on any atom is -0.461 e. The third-order valence-corrected chi connectivity index (χ3v) is 2.45. The molecule has 1 heterocycles. The van der Waals surface area contributed by atoms with Crippen molar-refractivity contribution >= 4 is 11.9 Å². The molecule has 0 saturated heterocycles.